The summed E-state index contributed by atoms with van der Waals surface area (Å²) >= 11 is 5.78. The Bertz CT molecular complexity index is 519. The Labute approximate surface area is 129 Å². The van der Waals surface area contributed by atoms with Gasteiger partial charge < -0.3 is 10.2 Å². The van der Waals surface area contributed by atoms with Crippen LogP contribution in [0.4, 0.5) is 5.95 Å². The number of piperazine rings is 1. The van der Waals surface area contributed by atoms with E-state index in [1.807, 2.05) is 6.92 Å². The average Bonchev–Trinajstić information content (AvgIpc) is 2.53. The van der Waals surface area contributed by atoms with Crippen LogP contribution in [0.5, 0.6) is 0 Å². The molecule has 1 saturated heterocycles. The van der Waals surface area contributed by atoms with E-state index in [1.54, 1.807) is 12.4 Å². The quantitative estimate of drug-likeness (QED) is 0.816. The zero-order valence-electron chi connectivity index (χ0n) is 11.9. The summed E-state index contributed by atoms with van der Waals surface area (Å²) in [6.45, 7) is 5.25. The van der Waals surface area contributed by atoms with Gasteiger partial charge in [0, 0.05) is 26.2 Å². The fourth-order valence-corrected chi connectivity index (χ4v) is 2.33. The number of carbonyl (C=O) groups excluding carboxylic acids is 1. The summed E-state index contributed by atoms with van der Waals surface area (Å²) in [6, 6.07) is -0.188. The molecule has 1 fully saturated rings. The second-order valence-corrected chi connectivity index (χ2v) is 5.26. The first-order valence-corrected chi connectivity index (χ1v) is 7.17. The Kier molecular flexibility index (Phi) is 5.37. The van der Waals surface area contributed by atoms with Gasteiger partial charge in [-0.25, -0.2) is 9.97 Å². The lowest BCUT2D eigenvalue weighted by Gasteiger charge is -2.37. The molecule has 6 nitrogen and oxygen atoms in total. The van der Waals surface area contributed by atoms with Gasteiger partial charge >= 0.3 is 0 Å². The molecule has 1 aromatic rings. The maximum atomic E-state index is 11.9. The van der Waals surface area contributed by atoms with E-state index in [0.717, 1.165) is 26.2 Å². The molecule has 1 atom stereocenters. The second-order valence-electron chi connectivity index (χ2n) is 4.82. The number of amides is 1. The molecule has 0 aromatic carbocycles. The summed E-state index contributed by atoms with van der Waals surface area (Å²) in [4.78, 5) is 24.5. The van der Waals surface area contributed by atoms with Crippen molar-refractivity contribution in [3.63, 3.8) is 0 Å². The Morgan fingerprint density at radius 2 is 2.05 bits per heavy atom. The number of rotatable bonds is 4. The van der Waals surface area contributed by atoms with Crippen LogP contribution < -0.4 is 10.2 Å². The van der Waals surface area contributed by atoms with Gasteiger partial charge in [0.25, 0.3) is 0 Å². The number of aromatic nitrogens is 2. The van der Waals surface area contributed by atoms with Crippen LogP contribution in [0.25, 0.3) is 0 Å². The van der Waals surface area contributed by atoms with E-state index in [9.17, 15) is 4.79 Å². The Morgan fingerprint density at radius 1 is 1.43 bits per heavy atom. The molecule has 1 N–H and O–H groups in total. The van der Waals surface area contributed by atoms with Crippen LogP contribution in [0.3, 0.4) is 0 Å². The highest BCUT2D eigenvalue weighted by molar-refractivity contribution is 6.30. The van der Waals surface area contributed by atoms with Gasteiger partial charge in [-0.1, -0.05) is 17.5 Å². The number of hydrogen-bond acceptors (Lipinski definition) is 5. The van der Waals surface area contributed by atoms with Crippen molar-refractivity contribution in [3.05, 3.63) is 17.4 Å². The molecule has 0 spiro atoms. The maximum Gasteiger partial charge on any atom is 0.237 e. The highest BCUT2D eigenvalue weighted by Gasteiger charge is 2.26. The molecule has 2 rings (SSSR count). The van der Waals surface area contributed by atoms with Crippen molar-refractivity contribution < 1.29 is 4.79 Å². The third-order valence-corrected chi connectivity index (χ3v) is 3.69. The van der Waals surface area contributed by atoms with Crippen LogP contribution in [0.1, 0.15) is 6.92 Å². The number of anilines is 1. The Morgan fingerprint density at radius 3 is 2.62 bits per heavy atom. The van der Waals surface area contributed by atoms with Crippen LogP contribution in [0.15, 0.2) is 12.4 Å². The van der Waals surface area contributed by atoms with Gasteiger partial charge in [-0.05, 0) is 6.92 Å². The number of terminal acetylenes is 1. The lowest BCUT2D eigenvalue weighted by atomic mass is 10.2. The van der Waals surface area contributed by atoms with Gasteiger partial charge in [0.05, 0.1) is 30.0 Å². The average molecular weight is 308 g/mol. The molecule has 21 heavy (non-hydrogen) atoms. The predicted molar refractivity (Wildman–Crippen MR) is 82.1 cm³/mol. The third kappa shape index (κ3) is 4.06. The highest BCUT2D eigenvalue weighted by Crippen LogP contribution is 2.14. The molecule has 0 radical (unpaired) electrons. The minimum atomic E-state index is -0.188. The second kappa shape index (κ2) is 7.25. The van der Waals surface area contributed by atoms with Crippen LogP contribution >= 0.6 is 11.6 Å². The SMILES string of the molecule is C#CCNC(=O)C(C)N1CCN(c2ncc(Cl)cn2)CC1. The standard InChI is InChI=1S/C14H18ClN5O/c1-3-4-16-13(21)11(2)19-5-7-20(8-6-19)14-17-9-12(15)10-18-14/h1,9-11H,4-8H2,2H3,(H,16,21). The van der Waals surface area contributed by atoms with Gasteiger partial charge in [0.15, 0.2) is 0 Å². The molecule has 112 valence electrons. The number of nitrogens with zero attached hydrogens (tertiary/aromatic N) is 4. The lowest BCUT2D eigenvalue weighted by Crippen LogP contribution is -2.54. The zero-order chi connectivity index (χ0) is 15.2. The van der Waals surface area contributed by atoms with E-state index in [-0.39, 0.29) is 18.5 Å². The van der Waals surface area contributed by atoms with E-state index in [1.165, 1.54) is 0 Å². The molecule has 1 amide bonds. The molecular formula is C14H18ClN5O. The van der Waals surface area contributed by atoms with E-state index >= 15 is 0 Å². The molecule has 1 unspecified atom stereocenters. The number of nitrogens with one attached hydrogen (secondary N) is 1. The summed E-state index contributed by atoms with van der Waals surface area (Å²) in [5.41, 5.74) is 0. The molecule has 1 aliphatic rings. The van der Waals surface area contributed by atoms with Gasteiger partial charge in [-0.15, -0.1) is 6.42 Å². The normalized spacial score (nSPS) is 17.1. The number of halogens is 1. The van der Waals surface area contributed by atoms with Gasteiger partial charge in [0.1, 0.15) is 0 Å². The van der Waals surface area contributed by atoms with E-state index < -0.39 is 0 Å². The van der Waals surface area contributed by atoms with Crippen molar-refractivity contribution in [2.75, 3.05) is 37.6 Å². The van der Waals surface area contributed by atoms with E-state index in [4.69, 9.17) is 18.0 Å². The van der Waals surface area contributed by atoms with E-state index in [0.29, 0.717) is 11.0 Å². The summed E-state index contributed by atoms with van der Waals surface area (Å²) in [5, 5.41) is 3.23. The van der Waals surface area contributed by atoms with Gasteiger partial charge in [-0.2, -0.15) is 0 Å². The molecule has 7 heteroatoms. The van der Waals surface area contributed by atoms with Crippen LogP contribution in [-0.2, 0) is 4.79 Å². The monoisotopic (exact) mass is 307 g/mol. The van der Waals surface area contributed by atoms with Gasteiger partial charge in [0.2, 0.25) is 11.9 Å². The zero-order valence-corrected chi connectivity index (χ0v) is 12.7. The van der Waals surface area contributed by atoms with Crippen molar-refractivity contribution in [1.82, 2.24) is 20.2 Å². The molecule has 1 aliphatic heterocycles. The predicted octanol–water partition coefficient (Wildman–Crippen LogP) is 0.390. The minimum absolute atomic E-state index is 0.0378. The van der Waals surface area contributed by atoms with Crippen molar-refractivity contribution >= 4 is 23.5 Å². The van der Waals surface area contributed by atoms with Crippen molar-refractivity contribution in [2.24, 2.45) is 0 Å². The topological polar surface area (TPSA) is 61.4 Å². The first kappa shape index (κ1) is 15.5. The Balaban J connectivity index is 1.86. The maximum absolute atomic E-state index is 11.9. The molecular weight excluding hydrogens is 290 g/mol. The van der Waals surface area contributed by atoms with Crippen LogP contribution in [-0.4, -0.2) is 59.5 Å². The Hall–Kier alpha value is -1.84. The molecule has 2 heterocycles. The fraction of sp³-hybridized carbons (Fsp3) is 0.500. The van der Waals surface area contributed by atoms with Crippen molar-refractivity contribution in [1.29, 1.82) is 0 Å². The minimum Gasteiger partial charge on any atom is -0.344 e. The van der Waals surface area contributed by atoms with Crippen molar-refractivity contribution in [2.45, 2.75) is 13.0 Å². The summed E-state index contributed by atoms with van der Waals surface area (Å²) < 4.78 is 0. The number of hydrogen-bond donors (Lipinski definition) is 1. The van der Waals surface area contributed by atoms with Crippen LogP contribution in [0, 0.1) is 12.3 Å². The van der Waals surface area contributed by atoms with Crippen molar-refractivity contribution in [3.8, 4) is 12.3 Å². The summed E-state index contributed by atoms with van der Waals surface area (Å²) in [7, 11) is 0. The lowest BCUT2D eigenvalue weighted by molar-refractivity contribution is -0.125. The molecule has 0 saturated carbocycles. The first-order chi connectivity index (χ1) is 10.1. The smallest absolute Gasteiger partial charge is 0.237 e. The summed E-state index contributed by atoms with van der Waals surface area (Å²) in [6.07, 6.45) is 8.32. The largest absolute Gasteiger partial charge is 0.344 e. The highest BCUT2D eigenvalue weighted by atomic mass is 35.5. The summed E-state index contributed by atoms with van der Waals surface area (Å²) in [5.74, 6) is 3.04. The molecule has 1 aromatic heterocycles. The van der Waals surface area contributed by atoms with Crippen LogP contribution in [0.2, 0.25) is 5.02 Å². The van der Waals surface area contributed by atoms with Gasteiger partial charge in [-0.3, -0.25) is 9.69 Å². The molecule has 0 bridgehead atoms. The van der Waals surface area contributed by atoms with E-state index in [2.05, 4.69) is 31.0 Å². The molecule has 0 aliphatic carbocycles. The number of carbonyl (C=O) groups is 1. The first-order valence-electron chi connectivity index (χ1n) is 6.79. The third-order valence-electron chi connectivity index (χ3n) is 3.50. The fourth-order valence-electron chi connectivity index (χ4n) is 2.23.